The summed E-state index contributed by atoms with van der Waals surface area (Å²) in [5.74, 6) is 0.674. The number of hydrogen-bond donors (Lipinski definition) is 1. The van der Waals surface area contributed by atoms with Crippen LogP contribution in [0.2, 0.25) is 0 Å². The number of pyridine rings is 1. The molecule has 1 atom stereocenters. The van der Waals surface area contributed by atoms with E-state index >= 15 is 0 Å². The zero-order valence-electron chi connectivity index (χ0n) is 10.8. The highest BCUT2D eigenvalue weighted by Crippen LogP contribution is 2.28. The highest BCUT2D eigenvalue weighted by atomic mass is 16.5. The molecule has 0 saturated carbocycles. The molecule has 1 aliphatic heterocycles. The number of rotatable bonds is 3. The lowest BCUT2D eigenvalue weighted by molar-refractivity contribution is -0.144. The van der Waals surface area contributed by atoms with Crippen LogP contribution in [-0.2, 0) is 9.53 Å². The average Bonchev–Trinajstić information content (AvgIpc) is 2.78. The molecule has 0 amide bonds. The van der Waals surface area contributed by atoms with Crippen LogP contribution in [0.15, 0.2) is 12.3 Å². The summed E-state index contributed by atoms with van der Waals surface area (Å²) in [7, 11) is 0. The van der Waals surface area contributed by atoms with Crippen molar-refractivity contribution in [2.75, 3.05) is 23.8 Å². The number of aryl methyl sites for hydroxylation is 1. The lowest BCUT2D eigenvalue weighted by atomic mass is 10.2. The predicted molar refractivity (Wildman–Crippen MR) is 70.4 cm³/mol. The predicted octanol–water partition coefficient (Wildman–Crippen LogP) is 1.50. The Balaban J connectivity index is 2.23. The Labute approximate surface area is 107 Å². The van der Waals surface area contributed by atoms with Crippen LogP contribution in [0.1, 0.15) is 25.3 Å². The van der Waals surface area contributed by atoms with Gasteiger partial charge in [-0.1, -0.05) is 0 Å². The summed E-state index contributed by atoms with van der Waals surface area (Å²) in [6.07, 6.45) is 3.43. The van der Waals surface area contributed by atoms with Crippen LogP contribution in [0.3, 0.4) is 0 Å². The van der Waals surface area contributed by atoms with Crippen LogP contribution in [-0.4, -0.2) is 30.1 Å². The molecule has 98 valence electrons. The quantitative estimate of drug-likeness (QED) is 0.822. The second-order valence-electron chi connectivity index (χ2n) is 4.51. The fourth-order valence-corrected chi connectivity index (χ4v) is 2.39. The van der Waals surface area contributed by atoms with Crippen LogP contribution in [0.25, 0.3) is 0 Å². The third kappa shape index (κ3) is 2.39. The summed E-state index contributed by atoms with van der Waals surface area (Å²) in [5, 5.41) is 0. The van der Waals surface area contributed by atoms with Crippen LogP contribution in [0.5, 0.6) is 0 Å². The zero-order valence-corrected chi connectivity index (χ0v) is 10.8. The number of carbonyl (C=O) groups excluding carboxylic acids is 1. The molecule has 1 aliphatic rings. The monoisotopic (exact) mass is 249 g/mol. The summed E-state index contributed by atoms with van der Waals surface area (Å²) < 4.78 is 5.11. The number of anilines is 2. The van der Waals surface area contributed by atoms with Crippen LogP contribution in [0.4, 0.5) is 11.5 Å². The van der Waals surface area contributed by atoms with Gasteiger partial charge in [-0.3, -0.25) is 0 Å². The van der Waals surface area contributed by atoms with Gasteiger partial charge in [0.25, 0.3) is 0 Å². The highest BCUT2D eigenvalue weighted by molar-refractivity contribution is 5.80. The molecule has 1 unspecified atom stereocenters. The van der Waals surface area contributed by atoms with Crippen molar-refractivity contribution in [2.24, 2.45) is 0 Å². The Hall–Kier alpha value is -1.78. The van der Waals surface area contributed by atoms with Crippen molar-refractivity contribution in [3.05, 3.63) is 17.8 Å². The first kappa shape index (κ1) is 12.7. The molecule has 1 aromatic rings. The smallest absolute Gasteiger partial charge is 0.328 e. The molecule has 1 fully saturated rings. The molecule has 0 aromatic carbocycles. The van der Waals surface area contributed by atoms with Crippen molar-refractivity contribution in [2.45, 2.75) is 32.7 Å². The first-order valence-corrected chi connectivity index (χ1v) is 6.29. The normalized spacial score (nSPS) is 19.0. The molecule has 1 aromatic heterocycles. The lowest BCUT2D eigenvalue weighted by Gasteiger charge is -2.25. The zero-order chi connectivity index (χ0) is 13.1. The molecular formula is C13H19N3O2. The number of nitrogens with two attached hydrogens (primary N) is 1. The van der Waals surface area contributed by atoms with Gasteiger partial charge in [-0.15, -0.1) is 0 Å². The van der Waals surface area contributed by atoms with Gasteiger partial charge in [0.05, 0.1) is 18.5 Å². The maximum Gasteiger partial charge on any atom is 0.328 e. The van der Waals surface area contributed by atoms with Gasteiger partial charge in [0.2, 0.25) is 0 Å². The molecule has 2 rings (SSSR count). The van der Waals surface area contributed by atoms with E-state index < -0.39 is 0 Å². The number of aromatic nitrogens is 1. The summed E-state index contributed by atoms with van der Waals surface area (Å²) in [6, 6.07) is 1.67. The van der Waals surface area contributed by atoms with Crippen LogP contribution >= 0.6 is 0 Å². The Morgan fingerprint density at radius 3 is 3.11 bits per heavy atom. The molecular weight excluding hydrogens is 230 g/mol. The number of nitrogen functional groups attached to an aromatic ring is 1. The largest absolute Gasteiger partial charge is 0.464 e. The topological polar surface area (TPSA) is 68.5 Å². The molecule has 2 N–H and O–H groups in total. The first-order valence-electron chi connectivity index (χ1n) is 6.29. The Bertz CT molecular complexity index is 448. The summed E-state index contributed by atoms with van der Waals surface area (Å²) >= 11 is 0. The summed E-state index contributed by atoms with van der Waals surface area (Å²) in [5.41, 5.74) is 7.33. The number of nitrogens with zero attached hydrogens (tertiary/aromatic N) is 2. The minimum Gasteiger partial charge on any atom is -0.464 e. The molecule has 5 nitrogen and oxygen atoms in total. The van der Waals surface area contributed by atoms with E-state index in [1.165, 1.54) is 0 Å². The van der Waals surface area contributed by atoms with Crippen molar-refractivity contribution in [1.29, 1.82) is 0 Å². The van der Waals surface area contributed by atoms with Gasteiger partial charge in [-0.2, -0.15) is 0 Å². The van der Waals surface area contributed by atoms with Crippen molar-refractivity contribution in [3.8, 4) is 0 Å². The SMILES string of the molecule is CCOC(=O)C1CCCN1c1ncc(N)cc1C. The molecule has 5 heteroatoms. The highest BCUT2D eigenvalue weighted by Gasteiger charge is 2.33. The average molecular weight is 249 g/mol. The van der Waals surface area contributed by atoms with E-state index in [0.717, 1.165) is 30.8 Å². The fraction of sp³-hybridized carbons (Fsp3) is 0.538. The fourth-order valence-electron chi connectivity index (χ4n) is 2.39. The van der Waals surface area contributed by atoms with Crippen molar-refractivity contribution in [1.82, 2.24) is 4.98 Å². The van der Waals surface area contributed by atoms with E-state index in [1.54, 1.807) is 6.20 Å². The number of esters is 1. The minimum absolute atomic E-state index is 0.159. The van der Waals surface area contributed by atoms with Gasteiger partial charge in [0.15, 0.2) is 0 Å². The van der Waals surface area contributed by atoms with E-state index in [2.05, 4.69) is 4.98 Å². The number of carbonyl (C=O) groups is 1. The molecule has 1 saturated heterocycles. The van der Waals surface area contributed by atoms with Gasteiger partial charge in [0.1, 0.15) is 11.9 Å². The molecule has 2 heterocycles. The molecule has 18 heavy (non-hydrogen) atoms. The van der Waals surface area contributed by atoms with Gasteiger partial charge >= 0.3 is 5.97 Å². The second-order valence-corrected chi connectivity index (χ2v) is 4.51. The molecule has 0 aliphatic carbocycles. The molecule has 0 spiro atoms. The van der Waals surface area contributed by atoms with E-state index in [0.29, 0.717) is 12.3 Å². The van der Waals surface area contributed by atoms with E-state index in [1.807, 2.05) is 24.8 Å². The Morgan fingerprint density at radius 1 is 1.67 bits per heavy atom. The Morgan fingerprint density at radius 2 is 2.44 bits per heavy atom. The first-order chi connectivity index (χ1) is 8.63. The standard InChI is InChI=1S/C13H19N3O2/c1-3-18-13(17)11-5-4-6-16(11)12-9(2)7-10(14)8-15-12/h7-8,11H,3-6,14H2,1-2H3. The molecule has 0 bridgehead atoms. The third-order valence-corrected chi connectivity index (χ3v) is 3.16. The summed E-state index contributed by atoms with van der Waals surface area (Å²) in [4.78, 5) is 18.3. The molecule has 0 radical (unpaired) electrons. The van der Waals surface area contributed by atoms with Gasteiger partial charge in [0, 0.05) is 6.54 Å². The van der Waals surface area contributed by atoms with Crippen LogP contribution in [0, 0.1) is 6.92 Å². The maximum atomic E-state index is 11.9. The third-order valence-electron chi connectivity index (χ3n) is 3.16. The number of ether oxygens (including phenoxy) is 1. The summed E-state index contributed by atoms with van der Waals surface area (Å²) in [6.45, 7) is 5.03. The van der Waals surface area contributed by atoms with Crippen LogP contribution < -0.4 is 10.6 Å². The lowest BCUT2D eigenvalue weighted by Crippen LogP contribution is -2.38. The second kappa shape index (κ2) is 5.25. The van der Waals surface area contributed by atoms with Crippen molar-refractivity contribution >= 4 is 17.5 Å². The Kier molecular flexibility index (Phi) is 3.69. The number of hydrogen-bond acceptors (Lipinski definition) is 5. The van der Waals surface area contributed by atoms with Gasteiger partial charge in [-0.25, -0.2) is 9.78 Å². The maximum absolute atomic E-state index is 11.9. The minimum atomic E-state index is -0.209. The van der Waals surface area contributed by atoms with E-state index in [4.69, 9.17) is 10.5 Å². The van der Waals surface area contributed by atoms with Crippen molar-refractivity contribution < 1.29 is 9.53 Å². The van der Waals surface area contributed by atoms with E-state index in [9.17, 15) is 4.79 Å². The van der Waals surface area contributed by atoms with E-state index in [-0.39, 0.29) is 12.0 Å². The van der Waals surface area contributed by atoms with Gasteiger partial charge < -0.3 is 15.4 Å². The van der Waals surface area contributed by atoms with Gasteiger partial charge in [-0.05, 0) is 38.3 Å². The van der Waals surface area contributed by atoms with Crippen molar-refractivity contribution in [3.63, 3.8) is 0 Å².